The lowest BCUT2D eigenvalue weighted by molar-refractivity contribution is -0.191. The maximum absolute atomic E-state index is 11.0. The normalized spacial score (nSPS) is 17.2. The summed E-state index contributed by atoms with van der Waals surface area (Å²) in [6.07, 6.45) is 2.55. The highest BCUT2D eigenvalue weighted by Crippen LogP contribution is 2.34. The van der Waals surface area contributed by atoms with Gasteiger partial charge in [0.25, 0.3) is 0 Å². The van der Waals surface area contributed by atoms with Crippen LogP contribution < -0.4 is 18.9 Å². The molecule has 3 aliphatic heterocycles. The van der Waals surface area contributed by atoms with Gasteiger partial charge < -0.3 is 28.8 Å². The lowest BCUT2D eigenvalue weighted by Gasteiger charge is -2.08. The number of carbonyl (C=O) groups excluding carboxylic acids is 3. The maximum atomic E-state index is 11.0. The third-order valence-corrected chi connectivity index (χ3v) is 5.44. The van der Waals surface area contributed by atoms with E-state index >= 15 is 0 Å². The molecule has 0 aliphatic carbocycles. The summed E-state index contributed by atoms with van der Waals surface area (Å²) in [5.41, 5.74) is 2.24. The van der Waals surface area contributed by atoms with Crippen molar-refractivity contribution >= 4 is 18.1 Å². The van der Waals surface area contributed by atoms with Gasteiger partial charge in [0, 0.05) is 12.3 Å². The molecule has 2 unspecified atom stereocenters. The van der Waals surface area contributed by atoms with Crippen LogP contribution in [0.1, 0.15) is 30.9 Å². The lowest BCUT2D eigenvalue weighted by Crippen LogP contribution is -2.06. The van der Waals surface area contributed by atoms with Crippen LogP contribution in [-0.2, 0) is 36.8 Å². The SMILES string of the molecule is CC(CC(=O)O)Cc1ccc2c(c1)OCO2.O=C1CC(Cc2ccc3c(c2)OCO3)CO1.O=C=O. The van der Waals surface area contributed by atoms with E-state index in [-0.39, 0.29) is 31.3 Å². The predicted octanol–water partition coefficient (Wildman–Crippen LogP) is 3.01. The molecule has 2 atom stereocenters. The van der Waals surface area contributed by atoms with E-state index in [1.54, 1.807) is 0 Å². The molecule has 0 amide bonds. The van der Waals surface area contributed by atoms with Crippen LogP contribution in [0.4, 0.5) is 0 Å². The molecule has 2 aromatic rings. The summed E-state index contributed by atoms with van der Waals surface area (Å²) in [7, 11) is 0. The molecule has 0 bridgehead atoms. The zero-order valence-corrected chi connectivity index (χ0v) is 19.2. The van der Waals surface area contributed by atoms with Crippen LogP contribution in [0.15, 0.2) is 36.4 Å². The Bertz CT molecular complexity index is 1070. The average molecular weight is 486 g/mol. The molecule has 1 fully saturated rings. The van der Waals surface area contributed by atoms with Crippen molar-refractivity contribution < 1.29 is 48.0 Å². The first-order valence-electron chi connectivity index (χ1n) is 11.0. The minimum absolute atomic E-state index is 0.0919. The van der Waals surface area contributed by atoms with E-state index in [1.807, 2.05) is 43.3 Å². The number of aliphatic carboxylic acids is 1. The summed E-state index contributed by atoms with van der Waals surface area (Å²) >= 11 is 0. The van der Waals surface area contributed by atoms with Crippen LogP contribution in [0.5, 0.6) is 23.0 Å². The van der Waals surface area contributed by atoms with E-state index in [9.17, 15) is 9.59 Å². The van der Waals surface area contributed by atoms with Gasteiger partial charge in [-0.2, -0.15) is 9.59 Å². The molecule has 0 radical (unpaired) electrons. The second-order valence-electron chi connectivity index (χ2n) is 8.32. The van der Waals surface area contributed by atoms with Crippen LogP contribution in [0.25, 0.3) is 0 Å². The van der Waals surface area contributed by atoms with Crippen molar-refractivity contribution in [1.29, 1.82) is 0 Å². The van der Waals surface area contributed by atoms with Crippen LogP contribution in [-0.4, -0.2) is 43.4 Å². The third-order valence-electron chi connectivity index (χ3n) is 5.44. The van der Waals surface area contributed by atoms with Gasteiger partial charge in [-0.1, -0.05) is 19.1 Å². The fourth-order valence-electron chi connectivity index (χ4n) is 3.94. The van der Waals surface area contributed by atoms with E-state index < -0.39 is 5.97 Å². The van der Waals surface area contributed by atoms with Crippen molar-refractivity contribution in [3.05, 3.63) is 47.5 Å². The quantitative estimate of drug-likeness (QED) is 0.607. The van der Waals surface area contributed by atoms with Gasteiger partial charge in [-0.15, -0.1) is 0 Å². The Morgan fingerprint density at radius 3 is 2.03 bits per heavy atom. The largest absolute Gasteiger partial charge is 0.481 e. The zero-order valence-electron chi connectivity index (χ0n) is 19.2. The molecule has 2 aromatic carbocycles. The van der Waals surface area contributed by atoms with Crippen molar-refractivity contribution in [2.75, 3.05) is 20.2 Å². The Labute approximate surface area is 201 Å². The van der Waals surface area contributed by atoms with Gasteiger partial charge in [0.1, 0.15) is 0 Å². The number of carbonyl (C=O) groups is 2. The maximum Gasteiger partial charge on any atom is 0.373 e. The molecule has 35 heavy (non-hydrogen) atoms. The number of fused-ring (bicyclic) bond motifs is 2. The minimum atomic E-state index is -0.756. The summed E-state index contributed by atoms with van der Waals surface area (Å²) in [4.78, 5) is 37.8. The predicted molar refractivity (Wildman–Crippen MR) is 118 cm³/mol. The molecule has 3 aliphatic rings. The van der Waals surface area contributed by atoms with Gasteiger partial charge in [0.15, 0.2) is 23.0 Å². The molecule has 186 valence electrons. The molecule has 1 N–H and O–H groups in total. The van der Waals surface area contributed by atoms with Crippen LogP contribution in [0.2, 0.25) is 0 Å². The van der Waals surface area contributed by atoms with Crippen molar-refractivity contribution in [2.24, 2.45) is 11.8 Å². The van der Waals surface area contributed by atoms with Crippen LogP contribution >= 0.6 is 0 Å². The number of carboxylic acids is 1. The van der Waals surface area contributed by atoms with Gasteiger partial charge in [-0.25, -0.2) is 0 Å². The van der Waals surface area contributed by atoms with Crippen molar-refractivity contribution in [3.8, 4) is 23.0 Å². The first kappa shape index (κ1) is 25.6. The van der Waals surface area contributed by atoms with Crippen LogP contribution in [0, 0.1) is 11.8 Å². The first-order valence-corrected chi connectivity index (χ1v) is 11.0. The summed E-state index contributed by atoms with van der Waals surface area (Å²) in [5, 5.41) is 8.67. The number of rotatable bonds is 6. The van der Waals surface area contributed by atoms with E-state index in [2.05, 4.69) is 0 Å². The summed E-state index contributed by atoms with van der Waals surface area (Å²) in [6, 6.07) is 11.6. The highest BCUT2D eigenvalue weighted by atomic mass is 16.7. The Morgan fingerprint density at radius 2 is 1.49 bits per heavy atom. The monoisotopic (exact) mass is 486 g/mol. The first-order chi connectivity index (χ1) is 16.9. The molecule has 0 aromatic heterocycles. The van der Waals surface area contributed by atoms with E-state index in [1.165, 1.54) is 0 Å². The smallest absolute Gasteiger partial charge is 0.373 e. The van der Waals surface area contributed by atoms with E-state index in [4.69, 9.17) is 38.4 Å². The Balaban J connectivity index is 0.000000176. The van der Waals surface area contributed by atoms with Crippen molar-refractivity contribution in [1.82, 2.24) is 0 Å². The van der Waals surface area contributed by atoms with Gasteiger partial charge in [-0.3, -0.25) is 9.59 Å². The second kappa shape index (κ2) is 12.4. The summed E-state index contributed by atoms with van der Waals surface area (Å²) in [5.74, 6) is 2.67. The molecule has 10 nitrogen and oxygen atoms in total. The summed E-state index contributed by atoms with van der Waals surface area (Å²) in [6.45, 7) is 3.03. The molecular formula is C25H26O10. The third kappa shape index (κ3) is 7.75. The van der Waals surface area contributed by atoms with E-state index in [0.717, 1.165) is 47.0 Å². The number of ether oxygens (including phenoxy) is 5. The Kier molecular flexibility index (Phi) is 9.09. The van der Waals surface area contributed by atoms with E-state index in [0.29, 0.717) is 25.7 Å². The fourth-order valence-corrected chi connectivity index (χ4v) is 3.94. The van der Waals surface area contributed by atoms with Gasteiger partial charge >= 0.3 is 18.1 Å². The molecule has 0 spiro atoms. The number of hydrogen-bond acceptors (Lipinski definition) is 9. The van der Waals surface area contributed by atoms with Gasteiger partial charge in [-0.05, 0) is 54.2 Å². The number of benzene rings is 2. The molecular weight excluding hydrogens is 460 g/mol. The standard InChI is InChI=1S/C12H12O4.C12H14O4.CO2/c13-12-5-9(6-14-12)3-8-1-2-10-11(4-8)16-7-15-10;1-8(5-12(13)14)4-9-2-3-10-11(6-9)16-7-15-10;2-1-3/h1-2,4,9H,3,5-7H2;2-3,6,8H,4-5,7H2,1H3,(H,13,14);. The molecule has 5 rings (SSSR count). The Hall–Kier alpha value is -4.04. The lowest BCUT2D eigenvalue weighted by atomic mass is 9.98. The number of hydrogen-bond donors (Lipinski definition) is 1. The Morgan fingerprint density at radius 1 is 0.943 bits per heavy atom. The highest BCUT2D eigenvalue weighted by molar-refractivity contribution is 5.71. The van der Waals surface area contributed by atoms with Crippen molar-refractivity contribution in [2.45, 2.75) is 32.6 Å². The molecule has 1 saturated heterocycles. The topological polar surface area (TPSA) is 135 Å². The highest BCUT2D eigenvalue weighted by Gasteiger charge is 2.24. The fraction of sp³-hybridized carbons (Fsp3) is 0.400. The van der Waals surface area contributed by atoms with Gasteiger partial charge in [0.05, 0.1) is 13.0 Å². The summed E-state index contributed by atoms with van der Waals surface area (Å²) < 4.78 is 25.9. The number of cyclic esters (lactones) is 1. The molecule has 0 saturated carbocycles. The number of carboxylic acid groups (broad SMARTS) is 1. The average Bonchev–Trinajstić information content (AvgIpc) is 3.54. The van der Waals surface area contributed by atoms with Crippen LogP contribution in [0.3, 0.4) is 0 Å². The molecule has 10 heteroatoms. The van der Waals surface area contributed by atoms with Gasteiger partial charge in [0.2, 0.25) is 13.6 Å². The second-order valence-corrected chi connectivity index (χ2v) is 8.32. The number of esters is 1. The molecule has 3 heterocycles. The minimum Gasteiger partial charge on any atom is -0.481 e. The zero-order chi connectivity index (χ0) is 25.2. The van der Waals surface area contributed by atoms with Crippen molar-refractivity contribution in [3.63, 3.8) is 0 Å².